The van der Waals surface area contributed by atoms with E-state index in [1.807, 2.05) is 23.1 Å². The minimum atomic E-state index is -0.0308. The molecule has 6 heteroatoms. The SMILES string of the molecule is COc1cc2nc(C(=O)N3CCCC(C)C3)cc(Nc3cc(C)cc(C)c3)c2cc1OC. The number of hydrogen-bond donors (Lipinski definition) is 1. The molecule has 1 unspecified atom stereocenters. The van der Waals surface area contributed by atoms with Gasteiger partial charge in [0.05, 0.1) is 25.4 Å². The molecule has 3 aromatic rings. The summed E-state index contributed by atoms with van der Waals surface area (Å²) in [4.78, 5) is 20.0. The number of likely N-dealkylation sites (tertiary alicyclic amines) is 1. The number of fused-ring (bicyclic) bond motifs is 1. The van der Waals surface area contributed by atoms with Gasteiger partial charge in [0.25, 0.3) is 5.91 Å². The van der Waals surface area contributed by atoms with Gasteiger partial charge in [0.15, 0.2) is 11.5 Å². The lowest BCUT2D eigenvalue weighted by molar-refractivity contribution is 0.0677. The Kier molecular flexibility index (Phi) is 6.21. The van der Waals surface area contributed by atoms with E-state index in [0.29, 0.717) is 28.6 Å². The van der Waals surface area contributed by atoms with Crippen molar-refractivity contribution in [3.8, 4) is 11.5 Å². The van der Waals surface area contributed by atoms with Crippen LogP contribution in [0.4, 0.5) is 11.4 Å². The molecule has 2 heterocycles. The van der Waals surface area contributed by atoms with Crippen LogP contribution in [0, 0.1) is 19.8 Å². The zero-order valence-corrected chi connectivity index (χ0v) is 19.5. The molecule has 6 nitrogen and oxygen atoms in total. The van der Waals surface area contributed by atoms with Crippen molar-refractivity contribution in [2.75, 3.05) is 32.6 Å². The standard InChI is InChI=1S/C26H31N3O3/c1-16-7-6-8-29(15-16)26(30)23-13-21(27-19-10-17(2)9-18(3)11-19)20-12-24(31-4)25(32-5)14-22(20)28-23/h9-14,16H,6-8,15H2,1-5H3,(H,27,28). The Balaban J connectivity index is 1.83. The number of benzene rings is 2. The number of amides is 1. The van der Waals surface area contributed by atoms with E-state index in [1.54, 1.807) is 14.2 Å². The molecular weight excluding hydrogens is 402 g/mol. The molecule has 0 aliphatic carbocycles. The first-order valence-corrected chi connectivity index (χ1v) is 11.1. The Labute approximate surface area is 189 Å². The van der Waals surface area contributed by atoms with E-state index < -0.39 is 0 Å². The van der Waals surface area contributed by atoms with Crippen molar-refractivity contribution in [3.63, 3.8) is 0 Å². The highest BCUT2D eigenvalue weighted by Gasteiger charge is 2.24. The lowest BCUT2D eigenvalue weighted by Crippen LogP contribution is -2.39. The smallest absolute Gasteiger partial charge is 0.272 e. The van der Waals surface area contributed by atoms with Crippen molar-refractivity contribution < 1.29 is 14.3 Å². The second kappa shape index (κ2) is 9.07. The maximum Gasteiger partial charge on any atom is 0.272 e. The van der Waals surface area contributed by atoms with Gasteiger partial charge in [-0.25, -0.2) is 4.98 Å². The highest BCUT2D eigenvalue weighted by atomic mass is 16.5. The van der Waals surface area contributed by atoms with Gasteiger partial charge in [0.2, 0.25) is 0 Å². The lowest BCUT2D eigenvalue weighted by Gasteiger charge is -2.30. The highest BCUT2D eigenvalue weighted by molar-refractivity contribution is 6.01. The third kappa shape index (κ3) is 4.49. The predicted octanol–water partition coefficient (Wildman–Crippen LogP) is 5.48. The first kappa shape index (κ1) is 21.9. The van der Waals surface area contributed by atoms with Crippen LogP contribution in [0.2, 0.25) is 0 Å². The molecule has 1 atom stereocenters. The van der Waals surface area contributed by atoms with Crippen molar-refractivity contribution in [2.45, 2.75) is 33.6 Å². The van der Waals surface area contributed by atoms with Gasteiger partial charge in [-0.05, 0) is 68.0 Å². The van der Waals surface area contributed by atoms with Crippen LogP contribution in [0.5, 0.6) is 11.5 Å². The molecule has 1 saturated heterocycles. The number of carbonyl (C=O) groups excluding carboxylic acids is 1. The minimum Gasteiger partial charge on any atom is -0.493 e. The van der Waals surface area contributed by atoms with E-state index in [1.165, 1.54) is 11.1 Å². The number of ether oxygens (including phenoxy) is 2. The molecule has 1 fully saturated rings. The van der Waals surface area contributed by atoms with Gasteiger partial charge in [0, 0.05) is 30.2 Å². The van der Waals surface area contributed by atoms with Crippen LogP contribution in [0.1, 0.15) is 41.4 Å². The van der Waals surface area contributed by atoms with Gasteiger partial charge in [-0.3, -0.25) is 4.79 Å². The second-order valence-electron chi connectivity index (χ2n) is 8.78. The Hall–Kier alpha value is -3.28. The lowest BCUT2D eigenvalue weighted by atomic mass is 10.00. The third-order valence-corrected chi connectivity index (χ3v) is 5.98. The maximum atomic E-state index is 13.4. The molecule has 1 aromatic heterocycles. The van der Waals surface area contributed by atoms with Crippen molar-refractivity contribution in [2.24, 2.45) is 5.92 Å². The summed E-state index contributed by atoms with van der Waals surface area (Å²) in [5.74, 6) is 1.68. The number of nitrogens with zero attached hydrogens (tertiary/aromatic N) is 2. The fourth-order valence-corrected chi connectivity index (χ4v) is 4.50. The van der Waals surface area contributed by atoms with E-state index in [0.717, 1.165) is 42.7 Å². The van der Waals surface area contributed by atoms with Gasteiger partial charge in [-0.15, -0.1) is 0 Å². The number of aromatic nitrogens is 1. The monoisotopic (exact) mass is 433 g/mol. The van der Waals surface area contributed by atoms with E-state index in [-0.39, 0.29) is 5.91 Å². The molecule has 1 N–H and O–H groups in total. The van der Waals surface area contributed by atoms with Crippen LogP contribution in [-0.2, 0) is 0 Å². The Morgan fingerprint density at radius 1 is 1.03 bits per heavy atom. The number of nitrogens with one attached hydrogen (secondary N) is 1. The van der Waals surface area contributed by atoms with Gasteiger partial charge >= 0.3 is 0 Å². The zero-order chi connectivity index (χ0) is 22.8. The zero-order valence-electron chi connectivity index (χ0n) is 19.5. The van der Waals surface area contributed by atoms with E-state index in [4.69, 9.17) is 14.5 Å². The van der Waals surface area contributed by atoms with Crippen molar-refractivity contribution in [1.82, 2.24) is 9.88 Å². The number of aryl methyl sites for hydroxylation is 2. The van der Waals surface area contributed by atoms with Crippen LogP contribution in [0.3, 0.4) is 0 Å². The Bertz CT molecular complexity index is 1140. The maximum absolute atomic E-state index is 13.4. The first-order chi connectivity index (χ1) is 15.4. The molecule has 4 rings (SSSR count). The molecule has 1 aliphatic rings. The molecule has 168 valence electrons. The summed E-state index contributed by atoms with van der Waals surface area (Å²) in [5, 5.41) is 4.38. The molecule has 1 amide bonds. The molecule has 0 spiro atoms. The number of carbonyl (C=O) groups is 1. The van der Waals surface area contributed by atoms with Gasteiger partial charge in [-0.2, -0.15) is 0 Å². The second-order valence-corrected chi connectivity index (χ2v) is 8.78. The normalized spacial score (nSPS) is 16.2. The molecular formula is C26H31N3O3. The van der Waals surface area contributed by atoms with Crippen LogP contribution < -0.4 is 14.8 Å². The molecule has 32 heavy (non-hydrogen) atoms. The Morgan fingerprint density at radius 3 is 2.38 bits per heavy atom. The van der Waals surface area contributed by atoms with E-state index in [9.17, 15) is 4.79 Å². The largest absolute Gasteiger partial charge is 0.493 e. The van der Waals surface area contributed by atoms with Crippen molar-refractivity contribution in [1.29, 1.82) is 0 Å². The summed E-state index contributed by atoms with van der Waals surface area (Å²) < 4.78 is 11.0. The molecule has 0 saturated carbocycles. The summed E-state index contributed by atoms with van der Waals surface area (Å²) in [6, 6.07) is 11.9. The summed E-state index contributed by atoms with van der Waals surface area (Å²) in [6.07, 6.45) is 2.19. The topological polar surface area (TPSA) is 63.7 Å². The van der Waals surface area contributed by atoms with E-state index in [2.05, 4.69) is 44.3 Å². The highest BCUT2D eigenvalue weighted by Crippen LogP contribution is 2.36. The van der Waals surface area contributed by atoms with Crippen LogP contribution >= 0.6 is 0 Å². The van der Waals surface area contributed by atoms with Gasteiger partial charge in [-0.1, -0.05) is 13.0 Å². The molecule has 1 aliphatic heterocycles. The van der Waals surface area contributed by atoms with Gasteiger partial charge < -0.3 is 19.7 Å². The summed E-state index contributed by atoms with van der Waals surface area (Å²) in [6.45, 7) is 7.88. The Morgan fingerprint density at radius 2 is 1.72 bits per heavy atom. The molecule has 0 radical (unpaired) electrons. The molecule has 0 bridgehead atoms. The molecule has 2 aromatic carbocycles. The predicted molar refractivity (Wildman–Crippen MR) is 128 cm³/mol. The van der Waals surface area contributed by atoms with Gasteiger partial charge in [0.1, 0.15) is 5.69 Å². The summed E-state index contributed by atoms with van der Waals surface area (Å²) in [7, 11) is 3.21. The average molecular weight is 434 g/mol. The number of methoxy groups -OCH3 is 2. The summed E-state index contributed by atoms with van der Waals surface area (Å²) >= 11 is 0. The van der Waals surface area contributed by atoms with Crippen LogP contribution in [0.25, 0.3) is 10.9 Å². The van der Waals surface area contributed by atoms with Crippen LogP contribution in [-0.4, -0.2) is 43.1 Å². The van der Waals surface area contributed by atoms with E-state index >= 15 is 0 Å². The average Bonchev–Trinajstić information content (AvgIpc) is 2.76. The first-order valence-electron chi connectivity index (χ1n) is 11.1. The number of anilines is 2. The van der Waals surface area contributed by atoms with Crippen molar-refractivity contribution in [3.05, 3.63) is 53.2 Å². The number of piperidine rings is 1. The van der Waals surface area contributed by atoms with Crippen LogP contribution in [0.15, 0.2) is 36.4 Å². The fourth-order valence-electron chi connectivity index (χ4n) is 4.50. The number of pyridine rings is 1. The van der Waals surface area contributed by atoms with Crippen molar-refractivity contribution >= 4 is 28.2 Å². The number of rotatable bonds is 5. The fraction of sp³-hybridized carbons (Fsp3) is 0.385. The summed E-state index contributed by atoms with van der Waals surface area (Å²) in [5.41, 5.74) is 5.24. The third-order valence-electron chi connectivity index (χ3n) is 5.98. The quantitative estimate of drug-likeness (QED) is 0.577. The number of hydrogen-bond acceptors (Lipinski definition) is 5. The minimum absolute atomic E-state index is 0.0308.